The van der Waals surface area contributed by atoms with E-state index < -0.39 is 5.97 Å². The summed E-state index contributed by atoms with van der Waals surface area (Å²) in [4.78, 5) is 36.2. The molecule has 29 heavy (non-hydrogen) atoms. The Morgan fingerprint density at radius 2 is 2.03 bits per heavy atom. The summed E-state index contributed by atoms with van der Waals surface area (Å²) in [5.74, 6) is -0.414. The summed E-state index contributed by atoms with van der Waals surface area (Å²) in [6, 6.07) is 12.8. The predicted molar refractivity (Wildman–Crippen MR) is 114 cm³/mol. The first kappa shape index (κ1) is 19.4. The molecule has 8 nitrogen and oxygen atoms in total. The summed E-state index contributed by atoms with van der Waals surface area (Å²) < 4.78 is 5.82. The van der Waals surface area contributed by atoms with Gasteiger partial charge in [0, 0.05) is 6.54 Å². The first-order chi connectivity index (χ1) is 14.1. The number of rotatable bonds is 7. The second-order valence-electron chi connectivity index (χ2n) is 6.02. The van der Waals surface area contributed by atoms with E-state index in [4.69, 9.17) is 10.5 Å². The number of imidazole rings is 1. The van der Waals surface area contributed by atoms with Crippen LogP contribution in [0.25, 0.3) is 21.3 Å². The van der Waals surface area contributed by atoms with Crippen LogP contribution in [-0.2, 0) is 9.53 Å². The topological polar surface area (TPSA) is 123 Å². The van der Waals surface area contributed by atoms with Crippen LogP contribution in [0.15, 0.2) is 47.6 Å². The number of hydrogen-bond donors (Lipinski definition) is 3. The third-order valence-electron chi connectivity index (χ3n) is 3.93. The standard InChI is InChI=1S/C19H17N5O3S2/c20-7-8-27-17(26)11-5-6-14-15(9-11)29-19(23-14)24-16(25)10-28-18-21-12-3-1-2-4-13(12)22-18/h1-6,9H,7-8,10,20H2,(H,21,22)(H,23,24,25). The number of nitrogens with one attached hydrogen (secondary N) is 2. The fourth-order valence-electron chi connectivity index (χ4n) is 2.63. The van der Waals surface area contributed by atoms with E-state index in [0.717, 1.165) is 15.7 Å². The zero-order valence-electron chi connectivity index (χ0n) is 15.2. The number of aromatic amines is 1. The number of H-pyrrole nitrogens is 1. The zero-order valence-corrected chi connectivity index (χ0v) is 16.8. The molecule has 1 amide bonds. The van der Waals surface area contributed by atoms with Gasteiger partial charge in [-0.25, -0.2) is 14.8 Å². The Morgan fingerprint density at radius 1 is 1.17 bits per heavy atom. The van der Waals surface area contributed by atoms with Gasteiger partial charge in [-0.3, -0.25) is 4.79 Å². The first-order valence-electron chi connectivity index (χ1n) is 8.77. The van der Waals surface area contributed by atoms with E-state index >= 15 is 0 Å². The number of benzene rings is 2. The number of ether oxygens (including phenoxy) is 1. The van der Waals surface area contributed by atoms with Crippen LogP contribution in [0.3, 0.4) is 0 Å². The number of hydrogen-bond acceptors (Lipinski definition) is 8. The molecule has 0 aliphatic rings. The van der Waals surface area contributed by atoms with Crippen molar-refractivity contribution in [2.45, 2.75) is 5.16 Å². The lowest BCUT2D eigenvalue weighted by Crippen LogP contribution is -2.13. The van der Waals surface area contributed by atoms with Crippen LogP contribution in [-0.4, -0.2) is 45.7 Å². The maximum atomic E-state index is 12.3. The molecule has 2 aromatic carbocycles. The molecule has 2 aromatic heterocycles. The summed E-state index contributed by atoms with van der Waals surface area (Å²) in [5.41, 5.74) is 8.26. The number of nitrogens with two attached hydrogens (primary N) is 1. The summed E-state index contributed by atoms with van der Waals surface area (Å²) in [5, 5.41) is 3.95. The van der Waals surface area contributed by atoms with Crippen molar-refractivity contribution < 1.29 is 14.3 Å². The molecule has 0 radical (unpaired) electrons. The van der Waals surface area contributed by atoms with Crippen LogP contribution in [0.2, 0.25) is 0 Å². The Bertz CT molecular complexity index is 1150. The van der Waals surface area contributed by atoms with Gasteiger partial charge in [-0.05, 0) is 30.3 Å². The van der Waals surface area contributed by atoms with Crippen LogP contribution in [0.4, 0.5) is 5.13 Å². The minimum atomic E-state index is -0.432. The van der Waals surface area contributed by atoms with Gasteiger partial charge in [0.15, 0.2) is 10.3 Å². The van der Waals surface area contributed by atoms with E-state index in [1.54, 1.807) is 18.2 Å². The molecule has 0 saturated heterocycles. The summed E-state index contributed by atoms with van der Waals surface area (Å²) in [6.07, 6.45) is 0. The average molecular weight is 428 g/mol. The highest BCUT2D eigenvalue weighted by molar-refractivity contribution is 7.99. The number of esters is 1. The molecule has 0 unspecified atom stereocenters. The molecule has 4 N–H and O–H groups in total. The van der Waals surface area contributed by atoms with Gasteiger partial charge >= 0.3 is 5.97 Å². The van der Waals surface area contributed by atoms with Crippen LogP contribution < -0.4 is 11.1 Å². The number of carbonyl (C=O) groups excluding carboxylic acids is 2. The van der Waals surface area contributed by atoms with Crippen molar-refractivity contribution in [3.8, 4) is 0 Å². The van der Waals surface area contributed by atoms with Crippen LogP contribution in [0.1, 0.15) is 10.4 Å². The van der Waals surface area contributed by atoms with Gasteiger partial charge in [0.1, 0.15) is 6.61 Å². The Kier molecular flexibility index (Phi) is 5.74. The van der Waals surface area contributed by atoms with Crippen molar-refractivity contribution in [1.82, 2.24) is 15.0 Å². The largest absolute Gasteiger partial charge is 0.461 e. The van der Waals surface area contributed by atoms with Gasteiger partial charge < -0.3 is 20.8 Å². The molecule has 0 fully saturated rings. The van der Waals surface area contributed by atoms with E-state index in [9.17, 15) is 9.59 Å². The Morgan fingerprint density at radius 3 is 2.86 bits per heavy atom. The van der Waals surface area contributed by atoms with Crippen molar-refractivity contribution in [2.24, 2.45) is 5.73 Å². The number of thiazole rings is 1. The number of amides is 1. The third-order valence-corrected chi connectivity index (χ3v) is 5.74. The normalized spacial score (nSPS) is 11.1. The van der Waals surface area contributed by atoms with Crippen LogP contribution in [0, 0.1) is 0 Å². The molecular formula is C19H17N5O3S2. The molecule has 0 aliphatic carbocycles. The summed E-state index contributed by atoms with van der Waals surface area (Å²) in [7, 11) is 0. The van der Waals surface area contributed by atoms with Crippen molar-refractivity contribution in [1.29, 1.82) is 0 Å². The second kappa shape index (κ2) is 8.60. The molecule has 0 saturated carbocycles. The third kappa shape index (κ3) is 4.56. The number of anilines is 1. The molecule has 0 bridgehead atoms. The van der Waals surface area contributed by atoms with E-state index in [1.165, 1.54) is 23.1 Å². The summed E-state index contributed by atoms with van der Waals surface area (Å²) in [6.45, 7) is 0.445. The van der Waals surface area contributed by atoms with Gasteiger partial charge in [0.05, 0.1) is 32.6 Å². The second-order valence-corrected chi connectivity index (χ2v) is 8.02. The van der Waals surface area contributed by atoms with E-state index in [0.29, 0.717) is 21.4 Å². The monoisotopic (exact) mass is 427 g/mol. The molecule has 10 heteroatoms. The molecule has 0 spiro atoms. The highest BCUT2D eigenvalue weighted by Gasteiger charge is 2.13. The molecule has 2 heterocycles. The Hall–Kier alpha value is -2.95. The number of aromatic nitrogens is 3. The van der Waals surface area contributed by atoms with Crippen molar-refractivity contribution >= 4 is 61.4 Å². The lowest BCUT2D eigenvalue weighted by Gasteiger charge is -2.02. The van der Waals surface area contributed by atoms with Crippen LogP contribution in [0.5, 0.6) is 0 Å². The fourth-order valence-corrected chi connectivity index (χ4v) is 4.23. The van der Waals surface area contributed by atoms with Crippen LogP contribution >= 0.6 is 23.1 Å². The maximum Gasteiger partial charge on any atom is 0.338 e. The molecule has 0 atom stereocenters. The Balaban J connectivity index is 1.39. The quantitative estimate of drug-likeness (QED) is 0.306. The lowest BCUT2D eigenvalue weighted by atomic mass is 10.2. The fraction of sp³-hybridized carbons (Fsp3) is 0.158. The first-order valence-corrected chi connectivity index (χ1v) is 10.6. The van der Waals surface area contributed by atoms with Gasteiger partial charge in [-0.15, -0.1) is 0 Å². The summed E-state index contributed by atoms with van der Waals surface area (Å²) >= 11 is 2.62. The average Bonchev–Trinajstić information content (AvgIpc) is 3.32. The molecule has 0 aliphatic heterocycles. The smallest absolute Gasteiger partial charge is 0.338 e. The van der Waals surface area contributed by atoms with E-state index in [-0.39, 0.29) is 24.8 Å². The maximum absolute atomic E-state index is 12.3. The molecule has 148 valence electrons. The highest BCUT2D eigenvalue weighted by Crippen LogP contribution is 2.27. The molecular weight excluding hydrogens is 410 g/mol. The SMILES string of the molecule is NCCOC(=O)c1ccc2nc(NC(=O)CSc3nc4ccccc4[nH]3)sc2c1. The number of carbonyl (C=O) groups is 2. The van der Waals surface area contributed by atoms with Gasteiger partial charge in [0.2, 0.25) is 5.91 Å². The van der Waals surface area contributed by atoms with Crippen molar-refractivity contribution in [2.75, 3.05) is 24.2 Å². The minimum Gasteiger partial charge on any atom is -0.461 e. The van der Waals surface area contributed by atoms with Crippen molar-refractivity contribution in [3.63, 3.8) is 0 Å². The number of fused-ring (bicyclic) bond motifs is 2. The van der Waals surface area contributed by atoms with Crippen molar-refractivity contribution in [3.05, 3.63) is 48.0 Å². The highest BCUT2D eigenvalue weighted by atomic mass is 32.2. The Labute approximate surface area is 173 Å². The lowest BCUT2D eigenvalue weighted by molar-refractivity contribution is -0.113. The molecule has 4 aromatic rings. The zero-order chi connectivity index (χ0) is 20.2. The van der Waals surface area contributed by atoms with Gasteiger partial charge in [0.25, 0.3) is 0 Å². The van der Waals surface area contributed by atoms with E-state index in [1.807, 2.05) is 24.3 Å². The van der Waals surface area contributed by atoms with Gasteiger partial charge in [-0.1, -0.05) is 35.2 Å². The number of para-hydroxylation sites is 2. The number of thioether (sulfide) groups is 1. The van der Waals surface area contributed by atoms with Gasteiger partial charge in [-0.2, -0.15) is 0 Å². The number of nitrogens with zero attached hydrogens (tertiary/aromatic N) is 2. The molecule has 4 rings (SSSR count). The minimum absolute atomic E-state index is 0.170. The van der Waals surface area contributed by atoms with E-state index in [2.05, 4.69) is 20.3 Å². The predicted octanol–water partition coefficient (Wildman–Crippen LogP) is 3.02.